The lowest BCUT2D eigenvalue weighted by Crippen LogP contribution is -2.24. The van der Waals surface area contributed by atoms with Crippen molar-refractivity contribution in [3.05, 3.63) is 82.9 Å². The van der Waals surface area contributed by atoms with Gasteiger partial charge < -0.3 is 10.6 Å². The number of hydrogen-bond acceptors (Lipinski definition) is 4. The molecule has 0 aromatic heterocycles. The highest BCUT2D eigenvalue weighted by atomic mass is 32.2. The van der Waals surface area contributed by atoms with Gasteiger partial charge in [-0.2, -0.15) is 0 Å². The highest BCUT2D eigenvalue weighted by molar-refractivity contribution is 7.91. The van der Waals surface area contributed by atoms with Crippen molar-refractivity contribution in [2.75, 3.05) is 17.2 Å². The molecule has 5 heteroatoms. The molecule has 2 N–H and O–H groups in total. The summed E-state index contributed by atoms with van der Waals surface area (Å²) in [6.45, 7) is 8.86. The number of anilines is 2. The largest absolute Gasteiger partial charge is 0.399 e. The number of rotatable bonds is 6. The molecule has 0 fully saturated rings. The van der Waals surface area contributed by atoms with Crippen LogP contribution in [0.3, 0.4) is 0 Å². The smallest absolute Gasteiger partial charge is 0.209 e. The van der Waals surface area contributed by atoms with Crippen LogP contribution in [0.1, 0.15) is 29.2 Å². The molecular formula is C24H28N2O2S. The molecule has 152 valence electrons. The van der Waals surface area contributed by atoms with E-state index >= 15 is 0 Å². The monoisotopic (exact) mass is 408 g/mol. The van der Waals surface area contributed by atoms with Gasteiger partial charge in [-0.3, -0.25) is 0 Å². The summed E-state index contributed by atoms with van der Waals surface area (Å²) >= 11 is 0. The van der Waals surface area contributed by atoms with E-state index in [1.54, 1.807) is 19.1 Å². The van der Waals surface area contributed by atoms with Crippen LogP contribution in [0.4, 0.5) is 11.4 Å². The standard InChI is InChI=1S/C24H28N2O2S/c1-5-26(16-20-11-7-6-8-12-20)22-13-9-10-17(2)24(22)29(27,28)23-15-18(3)21(25)14-19(23)4/h6-15H,5,16,25H2,1-4H3. The van der Waals surface area contributed by atoms with Gasteiger partial charge in [-0.1, -0.05) is 42.5 Å². The molecule has 0 saturated heterocycles. The van der Waals surface area contributed by atoms with Crippen LogP contribution in [-0.4, -0.2) is 15.0 Å². The molecule has 3 aromatic carbocycles. The van der Waals surface area contributed by atoms with Crippen molar-refractivity contribution in [1.82, 2.24) is 0 Å². The summed E-state index contributed by atoms with van der Waals surface area (Å²) in [7, 11) is -3.71. The molecule has 0 amide bonds. The van der Waals surface area contributed by atoms with Gasteiger partial charge in [0.15, 0.2) is 0 Å². The summed E-state index contributed by atoms with van der Waals surface area (Å²) < 4.78 is 27.5. The lowest BCUT2D eigenvalue weighted by molar-refractivity contribution is 0.594. The fraction of sp³-hybridized carbons (Fsp3) is 0.250. The number of hydrogen-bond donors (Lipinski definition) is 1. The zero-order valence-corrected chi connectivity index (χ0v) is 18.3. The normalized spacial score (nSPS) is 11.4. The second kappa shape index (κ2) is 8.29. The molecule has 0 radical (unpaired) electrons. The molecule has 0 heterocycles. The van der Waals surface area contributed by atoms with Gasteiger partial charge in [0.1, 0.15) is 0 Å². The van der Waals surface area contributed by atoms with Crippen LogP contribution in [0, 0.1) is 20.8 Å². The summed E-state index contributed by atoms with van der Waals surface area (Å²) in [5.74, 6) is 0. The average molecular weight is 409 g/mol. The Bertz CT molecular complexity index is 1120. The minimum atomic E-state index is -3.71. The van der Waals surface area contributed by atoms with Gasteiger partial charge in [0.25, 0.3) is 0 Å². The molecule has 3 rings (SSSR count). The van der Waals surface area contributed by atoms with E-state index < -0.39 is 9.84 Å². The first-order chi connectivity index (χ1) is 13.8. The third-order valence-corrected chi connectivity index (χ3v) is 7.34. The lowest BCUT2D eigenvalue weighted by Gasteiger charge is -2.27. The van der Waals surface area contributed by atoms with E-state index in [2.05, 4.69) is 17.0 Å². The Morgan fingerprint density at radius 3 is 2.21 bits per heavy atom. The molecule has 4 nitrogen and oxygen atoms in total. The zero-order valence-electron chi connectivity index (χ0n) is 17.4. The van der Waals surface area contributed by atoms with Crippen molar-refractivity contribution in [2.45, 2.75) is 44.0 Å². The van der Waals surface area contributed by atoms with Crippen molar-refractivity contribution in [3.8, 4) is 0 Å². The third kappa shape index (κ3) is 4.15. The van der Waals surface area contributed by atoms with Crippen molar-refractivity contribution in [1.29, 1.82) is 0 Å². The number of benzene rings is 3. The number of nitrogen functional groups attached to an aromatic ring is 1. The van der Waals surface area contributed by atoms with Crippen LogP contribution in [0.25, 0.3) is 0 Å². The Kier molecular flexibility index (Phi) is 5.99. The van der Waals surface area contributed by atoms with E-state index in [-0.39, 0.29) is 0 Å². The first kappa shape index (κ1) is 20.9. The second-order valence-electron chi connectivity index (χ2n) is 7.40. The van der Waals surface area contributed by atoms with Gasteiger partial charge in [0, 0.05) is 18.8 Å². The molecule has 0 unspecified atom stereocenters. The molecule has 0 bridgehead atoms. The summed E-state index contributed by atoms with van der Waals surface area (Å²) in [4.78, 5) is 2.79. The predicted octanol–water partition coefficient (Wildman–Crippen LogP) is 5.05. The number of sulfone groups is 1. The van der Waals surface area contributed by atoms with Crippen LogP contribution in [0.5, 0.6) is 0 Å². The van der Waals surface area contributed by atoms with E-state index in [1.165, 1.54) is 0 Å². The number of nitrogens with zero attached hydrogens (tertiary/aromatic N) is 1. The SMILES string of the molecule is CCN(Cc1ccccc1)c1cccc(C)c1S(=O)(=O)c1cc(C)c(N)cc1C. The number of aryl methyl sites for hydroxylation is 3. The Balaban J connectivity index is 2.16. The Morgan fingerprint density at radius 2 is 1.55 bits per heavy atom. The van der Waals surface area contributed by atoms with E-state index in [1.807, 2.05) is 57.2 Å². The van der Waals surface area contributed by atoms with Gasteiger partial charge in [-0.25, -0.2) is 8.42 Å². The summed E-state index contributed by atoms with van der Waals surface area (Å²) in [6, 6.07) is 19.2. The van der Waals surface area contributed by atoms with Crippen LogP contribution in [-0.2, 0) is 16.4 Å². The summed E-state index contributed by atoms with van der Waals surface area (Å²) in [5.41, 5.74) is 10.6. The summed E-state index contributed by atoms with van der Waals surface area (Å²) in [6.07, 6.45) is 0. The fourth-order valence-corrected chi connectivity index (χ4v) is 5.62. The van der Waals surface area contributed by atoms with Crippen LogP contribution < -0.4 is 10.6 Å². The van der Waals surface area contributed by atoms with Crippen molar-refractivity contribution in [3.63, 3.8) is 0 Å². The van der Waals surface area contributed by atoms with Crippen LogP contribution in [0.15, 0.2) is 70.5 Å². The molecule has 29 heavy (non-hydrogen) atoms. The first-order valence-electron chi connectivity index (χ1n) is 9.76. The van der Waals surface area contributed by atoms with Crippen LogP contribution >= 0.6 is 0 Å². The minimum Gasteiger partial charge on any atom is -0.399 e. The molecule has 0 aliphatic heterocycles. The van der Waals surface area contributed by atoms with E-state index in [9.17, 15) is 8.42 Å². The first-order valence-corrected chi connectivity index (χ1v) is 11.2. The Labute approximate surface area is 173 Å². The second-order valence-corrected chi connectivity index (χ2v) is 9.26. The molecule has 0 aliphatic rings. The Hall–Kier alpha value is -2.79. The molecule has 0 saturated carbocycles. The Morgan fingerprint density at radius 1 is 0.862 bits per heavy atom. The minimum absolute atomic E-state index is 0.315. The van der Waals surface area contributed by atoms with E-state index in [4.69, 9.17) is 5.73 Å². The fourth-order valence-electron chi connectivity index (χ4n) is 3.62. The molecule has 0 spiro atoms. The van der Waals surface area contributed by atoms with Crippen LogP contribution in [0.2, 0.25) is 0 Å². The van der Waals surface area contributed by atoms with E-state index in [0.29, 0.717) is 34.1 Å². The van der Waals surface area contributed by atoms with Crippen molar-refractivity contribution >= 4 is 21.2 Å². The maximum absolute atomic E-state index is 13.8. The highest BCUT2D eigenvalue weighted by Crippen LogP contribution is 2.36. The lowest BCUT2D eigenvalue weighted by atomic mass is 10.1. The quantitative estimate of drug-likeness (QED) is 0.580. The predicted molar refractivity (Wildman–Crippen MR) is 120 cm³/mol. The molecule has 0 aliphatic carbocycles. The molecular weight excluding hydrogens is 380 g/mol. The molecule has 0 atom stereocenters. The summed E-state index contributed by atoms with van der Waals surface area (Å²) in [5, 5.41) is 0. The van der Waals surface area contributed by atoms with Crippen molar-refractivity contribution in [2.24, 2.45) is 0 Å². The average Bonchev–Trinajstić information content (AvgIpc) is 2.69. The maximum Gasteiger partial charge on any atom is 0.209 e. The highest BCUT2D eigenvalue weighted by Gasteiger charge is 2.27. The van der Waals surface area contributed by atoms with Crippen molar-refractivity contribution < 1.29 is 8.42 Å². The maximum atomic E-state index is 13.8. The van der Waals surface area contributed by atoms with Gasteiger partial charge >= 0.3 is 0 Å². The van der Waals surface area contributed by atoms with E-state index in [0.717, 1.165) is 22.4 Å². The third-order valence-electron chi connectivity index (χ3n) is 5.25. The topological polar surface area (TPSA) is 63.4 Å². The molecule has 3 aromatic rings. The van der Waals surface area contributed by atoms with Gasteiger partial charge in [-0.05, 0) is 68.1 Å². The van der Waals surface area contributed by atoms with Gasteiger partial charge in [0.05, 0.1) is 15.5 Å². The van der Waals surface area contributed by atoms with Gasteiger partial charge in [0.2, 0.25) is 9.84 Å². The zero-order chi connectivity index (χ0) is 21.2. The van der Waals surface area contributed by atoms with Gasteiger partial charge in [-0.15, -0.1) is 0 Å². The number of nitrogens with two attached hydrogens (primary N) is 1.